The third kappa shape index (κ3) is 3.72. The first-order valence-electron chi connectivity index (χ1n) is 10.8. The largest absolute Gasteiger partial charge is 0.398 e. The first kappa shape index (κ1) is 21.5. The molecule has 1 aliphatic heterocycles. The van der Waals surface area contributed by atoms with Gasteiger partial charge in [-0.05, 0) is 36.1 Å². The molecule has 1 atom stereocenters. The van der Waals surface area contributed by atoms with Crippen LogP contribution in [0, 0.1) is 5.92 Å². The molecule has 0 bridgehead atoms. The fourth-order valence-electron chi connectivity index (χ4n) is 4.23. The number of aromatic amines is 1. The number of nitrogens with zero attached hydrogens (tertiary/aromatic N) is 2. The molecule has 0 fully saturated rings. The van der Waals surface area contributed by atoms with Crippen LogP contribution in [0.4, 0.5) is 5.69 Å². The molecule has 32 heavy (non-hydrogen) atoms. The number of ketones is 1. The number of hydrogen-bond donors (Lipinski definition) is 3. The van der Waals surface area contributed by atoms with Gasteiger partial charge in [0.25, 0.3) is 5.91 Å². The number of carbonyl (C=O) groups is 3. The van der Waals surface area contributed by atoms with E-state index in [4.69, 9.17) is 5.73 Å². The lowest BCUT2D eigenvalue weighted by molar-refractivity contribution is -0.125. The van der Waals surface area contributed by atoms with Gasteiger partial charge in [-0.2, -0.15) is 5.10 Å². The van der Waals surface area contributed by atoms with Crippen molar-refractivity contribution in [3.63, 3.8) is 0 Å². The zero-order chi connectivity index (χ0) is 23.0. The van der Waals surface area contributed by atoms with Gasteiger partial charge in [0.15, 0.2) is 5.78 Å². The summed E-state index contributed by atoms with van der Waals surface area (Å²) in [5.41, 5.74) is 9.36. The van der Waals surface area contributed by atoms with Gasteiger partial charge in [-0.15, -0.1) is 0 Å². The van der Waals surface area contributed by atoms with Gasteiger partial charge in [-0.25, -0.2) is 0 Å². The van der Waals surface area contributed by atoms with Gasteiger partial charge in [-0.1, -0.05) is 38.1 Å². The summed E-state index contributed by atoms with van der Waals surface area (Å²) in [5.74, 6) is -0.504. The van der Waals surface area contributed by atoms with Gasteiger partial charge in [-0.3, -0.25) is 19.5 Å². The molecule has 1 unspecified atom stereocenters. The molecular formula is C24H27N5O3. The number of Topliss-reactive ketones (excluding diaryl/α,β-unsaturated/α-hetero) is 1. The fraction of sp³-hybridized carbons (Fsp3) is 0.333. The highest BCUT2D eigenvalue weighted by atomic mass is 16.2. The molecule has 4 rings (SSSR count). The Morgan fingerprint density at radius 1 is 1.25 bits per heavy atom. The highest BCUT2D eigenvalue weighted by molar-refractivity contribution is 6.11. The Morgan fingerprint density at radius 2 is 2.00 bits per heavy atom. The molecule has 3 aromatic rings. The molecule has 166 valence electrons. The zero-order valence-electron chi connectivity index (χ0n) is 18.4. The Labute approximate surface area is 186 Å². The molecule has 0 spiro atoms. The Balaban J connectivity index is 1.75. The normalized spacial score (nSPS) is 15.2. The Kier molecular flexibility index (Phi) is 5.69. The average molecular weight is 434 g/mol. The molecule has 4 N–H and O–H groups in total. The van der Waals surface area contributed by atoms with Crippen LogP contribution in [0.25, 0.3) is 10.9 Å². The monoisotopic (exact) mass is 433 g/mol. The third-order valence-corrected chi connectivity index (χ3v) is 5.68. The van der Waals surface area contributed by atoms with Crippen molar-refractivity contribution in [1.29, 1.82) is 0 Å². The summed E-state index contributed by atoms with van der Waals surface area (Å²) in [6, 6.07) is 10.0. The summed E-state index contributed by atoms with van der Waals surface area (Å²) in [4.78, 5) is 40.7. The number of carbonyl (C=O) groups excluding carboxylic acids is 3. The molecule has 2 heterocycles. The molecule has 2 aromatic carbocycles. The van der Waals surface area contributed by atoms with Crippen LogP contribution in [-0.4, -0.2) is 39.2 Å². The first-order valence-corrected chi connectivity index (χ1v) is 10.8. The topological polar surface area (TPSA) is 121 Å². The highest BCUT2D eigenvalue weighted by Crippen LogP contribution is 2.36. The lowest BCUT2D eigenvalue weighted by atomic mass is 10.0. The number of amides is 2. The number of anilines is 1. The molecule has 0 saturated heterocycles. The predicted octanol–water partition coefficient (Wildman–Crippen LogP) is 3.21. The predicted molar refractivity (Wildman–Crippen MR) is 122 cm³/mol. The fourth-order valence-corrected chi connectivity index (χ4v) is 4.23. The second-order valence-corrected chi connectivity index (χ2v) is 8.51. The van der Waals surface area contributed by atoms with Crippen molar-refractivity contribution in [3.05, 3.63) is 58.8 Å². The molecular weight excluding hydrogens is 406 g/mol. The maximum absolute atomic E-state index is 13.6. The van der Waals surface area contributed by atoms with Crippen LogP contribution in [0.3, 0.4) is 0 Å². The number of H-pyrrole nitrogens is 1. The van der Waals surface area contributed by atoms with Crippen molar-refractivity contribution in [3.8, 4) is 0 Å². The summed E-state index contributed by atoms with van der Waals surface area (Å²) in [5, 5.41) is 10.4. The van der Waals surface area contributed by atoms with Crippen LogP contribution in [0.2, 0.25) is 0 Å². The summed E-state index contributed by atoms with van der Waals surface area (Å²) in [7, 11) is 0. The lowest BCUT2D eigenvalue weighted by Gasteiger charge is -2.25. The van der Waals surface area contributed by atoms with Crippen LogP contribution in [0.1, 0.15) is 65.2 Å². The van der Waals surface area contributed by atoms with Crippen molar-refractivity contribution in [2.75, 3.05) is 12.3 Å². The average Bonchev–Trinajstić information content (AvgIpc) is 3.33. The highest BCUT2D eigenvalue weighted by Gasteiger charge is 2.39. The Hall–Kier alpha value is -3.68. The zero-order valence-corrected chi connectivity index (χ0v) is 18.4. The van der Waals surface area contributed by atoms with E-state index in [0.29, 0.717) is 36.1 Å². The lowest BCUT2D eigenvalue weighted by Crippen LogP contribution is -2.40. The van der Waals surface area contributed by atoms with E-state index in [-0.39, 0.29) is 34.8 Å². The van der Waals surface area contributed by atoms with E-state index in [9.17, 15) is 14.4 Å². The number of benzene rings is 2. The molecule has 8 heteroatoms. The number of nitrogen functional groups attached to an aromatic ring is 1. The minimum absolute atomic E-state index is 0.0943. The van der Waals surface area contributed by atoms with Crippen LogP contribution >= 0.6 is 0 Å². The van der Waals surface area contributed by atoms with Crippen molar-refractivity contribution in [2.45, 2.75) is 39.8 Å². The smallest absolute Gasteiger partial charge is 0.257 e. The third-order valence-electron chi connectivity index (χ3n) is 5.68. The molecule has 0 aliphatic carbocycles. The molecule has 1 aromatic heterocycles. The number of hydrogen-bond acceptors (Lipinski definition) is 5. The molecule has 0 saturated carbocycles. The minimum atomic E-state index is -0.736. The van der Waals surface area contributed by atoms with Crippen molar-refractivity contribution < 1.29 is 14.4 Å². The van der Waals surface area contributed by atoms with E-state index in [1.54, 1.807) is 12.1 Å². The maximum atomic E-state index is 13.6. The molecule has 0 radical (unpaired) electrons. The van der Waals surface area contributed by atoms with Gasteiger partial charge >= 0.3 is 0 Å². The minimum Gasteiger partial charge on any atom is -0.398 e. The number of likely N-dealkylation sites (N-methyl/N-ethyl adjacent to an activating group) is 1. The van der Waals surface area contributed by atoms with E-state index >= 15 is 0 Å². The van der Waals surface area contributed by atoms with E-state index < -0.39 is 6.04 Å². The quantitative estimate of drug-likeness (QED) is 0.407. The Morgan fingerprint density at radius 3 is 2.72 bits per heavy atom. The van der Waals surface area contributed by atoms with Crippen LogP contribution in [-0.2, 0) is 11.3 Å². The molecule has 2 amide bonds. The summed E-state index contributed by atoms with van der Waals surface area (Å²) in [6.07, 6.45) is 0.355. The first-order chi connectivity index (χ1) is 15.3. The van der Waals surface area contributed by atoms with E-state index in [2.05, 4.69) is 15.5 Å². The van der Waals surface area contributed by atoms with Gasteiger partial charge in [0.05, 0.1) is 11.1 Å². The SMILES string of the molecule is CCNC(=O)C1c2ccccc2CN1C(=O)c1cc2c(C(=O)CC(C)C)n[nH]c2cc1N. The Bertz CT molecular complexity index is 1210. The summed E-state index contributed by atoms with van der Waals surface area (Å²) < 4.78 is 0. The number of fused-ring (bicyclic) bond motifs is 2. The molecule has 1 aliphatic rings. The van der Waals surface area contributed by atoms with Gasteiger partial charge in [0.1, 0.15) is 11.7 Å². The second kappa shape index (κ2) is 8.45. The summed E-state index contributed by atoms with van der Waals surface area (Å²) >= 11 is 0. The maximum Gasteiger partial charge on any atom is 0.257 e. The number of aromatic nitrogens is 2. The summed E-state index contributed by atoms with van der Waals surface area (Å²) in [6.45, 7) is 6.53. The van der Waals surface area contributed by atoms with Crippen LogP contribution < -0.4 is 11.1 Å². The standard InChI is InChI=1S/C24H27N5O3/c1-4-26-23(31)22-15-8-6-5-7-14(15)12-29(22)24(32)16-10-17-19(11-18(16)25)27-28-21(17)20(30)9-13(2)3/h5-8,10-11,13,22H,4,9,12,25H2,1-3H3,(H,26,31)(H,27,28). The van der Waals surface area contributed by atoms with Crippen molar-refractivity contribution in [2.24, 2.45) is 5.92 Å². The van der Waals surface area contributed by atoms with Crippen molar-refractivity contribution >= 4 is 34.2 Å². The van der Waals surface area contributed by atoms with Crippen molar-refractivity contribution in [1.82, 2.24) is 20.4 Å². The molecule has 8 nitrogen and oxygen atoms in total. The van der Waals surface area contributed by atoms with E-state index in [1.807, 2.05) is 45.0 Å². The van der Waals surface area contributed by atoms with E-state index in [1.165, 1.54) is 4.90 Å². The number of rotatable bonds is 6. The number of nitrogens with two attached hydrogens (primary N) is 1. The number of nitrogens with one attached hydrogen (secondary N) is 2. The van der Waals surface area contributed by atoms with E-state index in [0.717, 1.165) is 11.1 Å². The van der Waals surface area contributed by atoms with Crippen LogP contribution in [0.15, 0.2) is 36.4 Å². The van der Waals surface area contributed by atoms with Gasteiger partial charge in [0.2, 0.25) is 5.91 Å². The second-order valence-electron chi connectivity index (χ2n) is 8.51. The van der Waals surface area contributed by atoms with Gasteiger partial charge < -0.3 is 16.0 Å². The van der Waals surface area contributed by atoms with Crippen LogP contribution in [0.5, 0.6) is 0 Å². The van der Waals surface area contributed by atoms with Gasteiger partial charge in [0, 0.05) is 30.6 Å².